The molecule has 106 valence electrons. The maximum atomic E-state index is 13.0. The minimum atomic E-state index is -0.835. The van der Waals surface area contributed by atoms with Crippen LogP contribution < -0.4 is 10.2 Å². The maximum absolute atomic E-state index is 13.0. The number of hydrogen-bond acceptors (Lipinski definition) is 2. The van der Waals surface area contributed by atoms with Crippen LogP contribution in [0.4, 0.5) is 10.1 Å². The average molecular weight is 276 g/mol. The molecular weight excluding hydrogens is 259 g/mol. The SMILES string of the molecule is CC1C(=O)NC(C)(C2CC2)C(=O)N1c1ccc(F)cc1. The van der Waals surface area contributed by atoms with Gasteiger partial charge in [-0.1, -0.05) is 0 Å². The molecule has 0 radical (unpaired) electrons. The molecule has 0 bridgehead atoms. The Kier molecular flexibility index (Phi) is 2.81. The minimum Gasteiger partial charge on any atom is -0.340 e. The summed E-state index contributed by atoms with van der Waals surface area (Å²) in [6, 6.07) is 5.09. The van der Waals surface area contributed by atoms with E-state index in [0.29, 0.717) is 5.69 Å². The zero-order chi connectivity index (χ0) is 14.5. The van der Waals surface area contributed by atoms with E-state index in [1.807, 2.05) is 0 Å². The number of nitrogens with zero attached hydrogens (tertiary/aromatic N) is 1. The van der Waals surface area contributed by atoms with Gasteiger partial charge in [0, 0.05) is 5.69 Å². The number of nitrogens with one attached hydrogen (secondary N) is 1. The van der Waals surface area contributed by atoms with E-state index in [0.717, 1.165) is 12.8 Å². The molecule has 1 saturated carbocycles. The first-order valence-corrected chi connectivity index (χ1v) is 6.85. The fourth-order valence-electron chi connectivity index (χ4n) is 2.84. The van der Waals surface area contributed by atoms with Crippen molar-refractivity contribution < 1.29 is 14.0 Å². The molecule has 2 unspecified atom stereocenters. The van der Waals surface area contributed by atoms with Gasteiger partial charge < -0.3 is 5.32 Å². The van der Waals surface area contributed by atoms with Crippen molar-refractivity contribution >= 4 is 17.5 Å². The zero-order valence-electron chi connectivity index (χ0n) is 11.5. The Bertz CT molecular complexity index is 568. The number of carbonyl (C=O) groups is 2. The van der Waals surface area contributed by atoms with Gasteiger partial charge in [-0.15, -0.1) is 0 Å². The molecule has 1 N–H and O–H groups in total. The van der Waals surface area contributed by atoms with E-state index < -0.39 is 11.6 Å². The quantitative estimate of drug-likeness (QED) is 0.896. The third-order valence-electron chi connectivity index (χ3n) is 4.31. The summed E-state index contributed by atoms with van der Waals surface area (Å²) in [7, 11) is 0. The monoisotopic (exact) mass is 276 g/mol. The number of amides is 2. The third-order valence-corrected chi connectivity index (χ3v) is 4.31. The Morgan fingerprint density at radius 3 is 2.40 bits per heavy atom. The molecule has 0 spiro atoms. The number of piperazine rings is 1. The summed E-state index contributed by atoms with van der Waals surface area (Å²) >= 11 is 0. The van der Waals surface area contributed by atoms with Gasteiger partial charge in [0.25, 0.3) is 5.91 Å². The van der Waals surface area contributed by atoms with Crippen LogP contribution in [0.25, 0.3) is 0 Å². The van der Waals surface area contributed by atoms with E-state index >= 15 is 0 Å². The van der Waals surface area contributed by atoms with Gasteiger partial charge in [0.05, 0.1) is 0 Å². The molecule has 2 atom stereocenters. The number of carbonyl (C=O) groups excluding carboxylic acids is 2. The molecule has 1 aromatic carbocycles. The van der Waals surface area contributed by atoms with Crippen molar-refractivity contribution in [2.24, 2.45) is 5.92 Å². The number of anilines is 1. The molecule has 4 nitrogen and oxygen atoms in total. The molecule has 2 aliphatic rings. The lowest BCUT2D eigenvalue weighted by molar-refractivity contribution is -0.138. The average Bonchev–Trinajstić information content (AvgIpc) is 3.24. The Morgan fingerprint density at radius 1 is 1.25 bits per heavy atom. The van der Waals surface area contributed by atoms with E-state index in [1.54, 1.807) is 13.8 Å². The van der Waals surface area contributed by atoms with Crippen molar-refractivity contribution in [3.8, 4) is 0 Å². The van der Waals surface area contributed by atoms with Gasteiger partial charge in [-0.25, -0.2) is 4.39 Å². The third kappa shape index (κ3) is 1.88. The van der Waals surface area contributed by atoms with Crippen LogP contribution in [0.3, 0.4) is 0 Å². The van der Waals surface area contributed by atoms with E-state index in [1.165, 1.54) is 29.2 Å². The highest BCUT2D eigenvalue weighted by molar-refractivity contribution is 6.10. The van der Waals surface area contributed by atoms with Crippen LogP contribution in [0.15, 0.2) is 24.3 Å². The summed E-state index contributed by atoms with van der Waals surface area (Å²) in [6.45, 7) is 3.47. The van der Waals surface area contributed by atoms with Gasteiger partial charge in [0.15, 0.2) is 0 Å². The number of benzene rings is 1. The zero-order valence-corrected chi connectivity index (χ0v) is 11.5. The first-order chi connectivity index (χ1) is 9.43. The van der Waals surface area contributed by atoms with Crippen LogP contribution in [0, 0.1) is 11.7 Å². The highest BCUT2D eigenvalue weighted by Gasteiger charge is 2.54. The molecule has 2 amide bonds. The Hall–Kier alpha value is -1.91. The fourth-order valence-corrected chi connectivity index (χ4v) is 2.84. The lowest BCUT2D eigenvalue weighted by Crippen LogP contribution is -2.69. The van der Waals surface area contributed by atoms with Crippen LogP contribution in [0.5, 0.6) is 0 Å². The minimum absolute atomic E-state index is 0.112. The van der Waals surface area contributed by atoms with Crippen molar-refractivity contribution in [3.05, 3.63) is 30.1 Å². The Labute approximate surface area is 117 Å². The van der Waals surface area contributed by atoms with Crippen molar-refractivity contribution in [1.29, 1.82) is 0 Å². The van der Waals surface area contributed by atoms with Crippen molar-refractivity contribution in [1.82, 2.24) is 5.32 Å². The predicted octanol–water partition coefficient (Wildman–Crippen LogP) is 1.85. The summed E-state index contributed by atoms with van der Waals surface area (Å²) in [5, 5.41) is 2.86. The number of rotatable bonds is 2. The van der Waals surface area contributed by atoms with E-state index in [4.69, 9.17) is 0 Å². The van der Waals surface area contributed by atoms with Gasteiger partial charge in [-0.2, -0.15) is 0 Å². The van der Waals surface area contributed by atoms with Gasteiger partial charge in [-0.05, 0) is 56.9 Å². The van der Waals surface area contributed by atoms with Gasteiger partial charge in [0.2, 0.25) is 5.91 Å². The summed E-state index contributed by atoms with van der Waals surface area (Å²) in [5.41, 5.74) is -0.275. The fraction of sp³-hybridized carbons (Fsp3) is 0.467. The largest absolute Gasteiger partial charge is 0.340 e. The molecule has 1 aromatic rings. The van der Waals surface area contributed by atoms with Crippen LogP contribution in [0.2, 0.25) is 0 Å². The molecule has 0 aromatic heterocycles. The molecule has 1 aliphatic carbocycles. The standard InChI is InChI=1S/C15H17FN2O2/c1-9-13(19)17-15(2,10-3-4-10)14(20)18(9)12-7-5-11(16)6-8-12/h5-10H,3-4H2,1-2H3,(H,17,19). The second-order valence-corrected chi connectivity index (χ2v) is 5.79. The first kappa shape index (κ1) is 13.1. The summed E-state index contributed by atoms with van der Waals surface area (Å²) in [6.07, 6.45) is 1.91. The van der Waals surface area contributed by atoms with Crippen molar-refractivity contribution in [3.63, 3.8) is 0 Å². The van der Waals surface area contributed by atoms with Crippen LogP contribution in [-0.4, -0.2) is 23.4 Å². The Morgan fingerprint density at radius 2 is 1.85 bits per heavy atom. The maximum Gasteiger partial charge on any atom is 0.253 e. The number of hydrogen-bond donors (Lipinski definition) is 1. The van der Waals surface area contributed by atoms with E-state index in [9.17, 15) is 14.0 Å². The molecule has 5 heteroatoms. The van der Waals surface area contributed by atoms with Gasteiger partial charge in [-0.3, -0.25) is 14.5 Å². The predicted molar refractivity (Wildman–Crippen MR) is 72.6 cm³/mol. The molecule has 1 heterocycles. The highest BCUT2D eigenvalue weighted by atomic mass is 19.1. The van der Waals surface area contributed by atoms with Crippen LogP contribution >= 0.6 is 0 Å². The van der Waals surface area contributed by atoms with E-state index in [-0.39, 0.29) is 23.5 Å². The van der Waals surface area contributed by atoms with Crippen molar-refractivity contribution in [2.45, 2.75) is 38.3 Å². The lowest BCUT2D eigenvalue weighted by atomic mass is 9.89. The summed E-state index contributed by atoms with van der Waals surface area (Å²) < 4.78 is 13.0. The summed E-state index contributed by atoms with van der Waals surface area (Å²) in [4.78, 5) is 26.4. The van der Waals surface area contributed by atoms with Crippen molar-refractivity contribution in [2.75, 3.05) is 4.90 Å². The molecule has 1 saturated heterocycles. The number of halogens is 1. The van der Waals surface area contributed by atoms with Gasteiger partial charge >= 0.3 is 0 Å². The topological polar surface area (TPSA) is 49.4 Å². The van der Waals surface area contributed by atoms with E-state index in [2.05, 4.69) is 5.32 Å². The highest BCUT2D eigenvalue weighted by Crippen LogP contribution is 2.43. The first-order valence-electron chi connectivity index (χ1n) is 6.85. The van der Waals surface area contributed by atoms with Crippen LogP contribution in [-0.2, 0) is 9.59 Å². The molecule has 2 fully saturated rings. The van der Waals surface area contributed by atoms with Gasteiger partial charge in [0.1, 0.15) is 17.4 Å². The molecular formula is C15H17FN2O2. The normalized spacial score (nSPS) is 30.4. The van der Waals surface area contributed by atoms with Crippen LogP contribution in [0.1, 0.15) is 26.7 Å². The molecule has 20 heavy (non-hydrogen) atoms. The lowest BCUT2D eigenvalue weighted by Gasteiger charge is -2.43. The second kappa shape index (κ2) is 4.30. The molecule has 1 aliphatic heterocycles. The molecule has 3 rings (SSSR count). The second-order valence-electron chi connectivity index (χ2n) is 5.79. The Balaban J connectivity index is 2.00. The smallest absolute Gasteiger partial charge is 0.253 e. The summed E-state index contributed by atoms with van der Waals surface area (Å²) in [5.74, 6) is -0.434.